The van der Waals surface area contributed by atoms with Crippen molar-refractivity contribution in [3.8, 4) is 0 Å². The molecule has 0 radical (unpaired) electrons. The Bertz CT molecular complexity index is 1290. The maximum absolute atomic E-state index is 13.1. The molecule has 5 rings (SSSR count). The molecule has 1 aliphatic carbocycles. The van der Waals surface area contributed by atoms with Gasteiger partial charge in [-0.05, 0) is 69.1 Å². The number of hydrogen-bond donors (Lipinski definition) is 1. The summed E-state index contributed by atoms with van der Waals surface area (Å²) in [5.74, 6) is -2.08. The van der Waals surface area contributed by atoms with Crippen molar-refractivity contribution in [2.45, 2.75) is 54.9 Å². The van der Waals surface area contributed by atoms with Gasteiger partial charge in [0.1, 0.15) is 0 Å². The van der Waals surface area contributed by atoms with Crippen LogP contribution in [0, 0.1) is 0 Å². The third kappa shape index (κ3) is 4.35. The van der Waals surface area contributed by atoms with Crippen LogP contribution in [0.3, 0.4) is 0 Å². The van der Waals surface area contributed by atoms with E-state index >= 15 is 0 Å². The van der Waals surface area contributed by atoms with Gasteiger partial charge in [0.25, 0.3) is 11.7 Å². The number of Topliss-reactive ketones (excluding diaryl/α,β-unsaturated/α-hetero) is 1. The van der Waals surface area contributed by atoms with Gasteiger partial charge in [-0.2, -0.15) is 13.2 Å². The smallest absolute Gasteiger partial charge is 0.339 e. The number of amides is 1. The normalized spacial score (nSPS) is 20.4. The van der Waals surface area contributed by atoms with Crippen LogP contribution >= 0.6 is 0 Å². The molecule has 0 atom stereocenters. The lowest BCUT2D eigenvalue weighted by Gasteiger charge is -2.50. The summed E-state index contributed by atoms with van der Waals surface area (Å²) in [5, 5.41) is 0. The molecule has 2 aromatic rings. The van der Waals surface area contributed by atoms with Crippen LogP contribution in [-0.2, 0) is 22.1 Å². The minimum Gasteiger partial charge on any atom is -0.339 e. The number of sulfonamides is 1. The highest BCUT2D eigenvalue weighted by atomic mass is 32.2. The summed E-state index contributed by atoms with van der Waals surface area (Å²) >= 11 is 0. The van der Waals surface area contributed by atoms with E-state index in [1.54, 1.807) is 11.0 Å². The van der Waals surface area contributed by atoms with Crippen molar-refractivity contribution in [1.82, 2.24) is 19.1 Å². The highest BCUT2D eigenvalue weighted by Gasteiger charge is 2.48. The van der Waals surface area contributed by atoms with Gasteiger partial charge < -0.3 is 9.47 Å². The number of piperidine rings is 1. The van der Waals surface area contributed by atoms with E-state index in [4.69, 9.17) is 0 Å². The van der Waals surface area contributed by atoms with Crippen LogP contribution in [0.15, 0.2) is 41.3 Å². The van der Waals surface area contributed by atoms with Crippen LogP contribution in [0.2, 0.25) is 0 Å². The Hall–Kier alpha value is -2.70. The summed E-state index contributed by atoms with van der Waals surface area (Å²) in [6, 6.07) is 8.67. The molecule has 1 aromatic heterocycles. The molecular weight excluding hydrogens is 497 g/mol. The number of aromatic nitrogens is 1. The van der Waals surface area contributed by atoms with Crippen LogP contribution in [0.25, 0.3) is 0 Å². The molecule has 3 heterocycles. The number of fused-ring (bicyclic) bond motifs is 2. The van der Waals surface area contributed by atoms with Crippen molar-refractivity contribution in [1.29, 1.82) is 0 Å². The largest absolute Gasteiger partial charge is 0.456 e. The second-order valence-corrected chi connectivity index (χ2v) is 11.5. The third-order valence-electron chi connectivity index (χ3n) is 7.53. The number of likely N-dealkylation sites (tertiary alicyclic amines) is 1. The number of rotatable bonds is 5. The number of hydrogen-bond acceptors (Lipinski definition) is 5. The van der Waals surface area contributed by atoms with Crippen LogP contribution in [0.1, 0.15) is 52.2 Å². The van der Waals surface area contributed by atoms with Gasteiger partial charge in [0.15, 0.2) is 0 Å². The summed E-state index contributed by atoms with van der Waals surface area (Å²) in [5.41, 5.74) is 0.101. The van der Waals surface area contributed by atoms with E-state index in [0.717, 1.165) is 12.8 Å². The van der Waals surface area contributed by atoms with E-state index < -0.39 is 27.5 Å². The van der Waals surface area contributed by atoms with Crippen LogP contribution in [-0.4, -0.2) is 73.4 Å². The predicted molar refractivity (Wildman–Crippen MR) is 124 cm³/mol. The fourth-order valence-electron chi connectivity index (χ4n) is 5.28. The summed E-state index contributed by atoms with van der Waals surface area (Å²) in [7, 11) is -1.70. The zero-order valence-corrected chi connectivity index (χ0v) is 20.5. The maximum Gasteiger partial charge on any atom is 0.456 e. The van der Waals surface area contributed by atoms with Gasteiger partial charge in [0, 0.05) is 43.5 Å². The summed E-state index contributed by atoms with van der Waals surface area (Å²) < 4.78 is 68.1. The van der Waals surface area contributed by atoms with Crippen molar-refractivity contribution in [2.24, 2.45) is 0 Å². The van der Waals surface area contributed by atoms with Crippen molar-refractivity contribution in [3.05, 3.63) is 53.3 Å². The van der Waals surface area contributed by atoms with Gasteiger partial charge in [-0.3, -0.25) is 14.5 Å². The molecule has 8 nitrogen and oxygen atoms in total. The van der Waals surface area contributed by atoms with Crippen molar-refractivity contribution in [2.75, 3.05) is 26.7 Å². The van der Waals surface area contributed by atoms with E-state index in [9.17, 15) is 31.2 Å². The topological polar surface area (TPSA) is 91.7 Å². The minimum atomic E-state index is -4.94. The van der Waals surface area contributed by atoms with Crippen LogP contribution < -0.4 is 4.72 Å². The Morgan fingerprint density at radius 3 is 2.19 bits per heavy atom. The number of carbonyl (C=O) groups is 2. The molecule has 1 spiro atoms. The van der Waals surface area contributed by atoms with E-state index in [-0.39, 0.29) is 29.1 Å². The molecule has 12 heteroatoms. The molecule has 194 valence electrons. The zero-order valence-electron chi connectivity index (χ0n) is 19.7. The van der Waals surface area contributed by atoms with Crippen molar-refractivity contribution in [3.63, 3.8) is 0 Å². The van der Waals surface area contributed by atoms with E-state index in [1.807, 2.05) is 7.05 Å². The van der Waals surface area contributed by atoms with Gasteiger partial charge in [0.2, 0.25) is 10.0 Å². The first-order valence-corrected chi connectivity index (χ1v) is 13.4. The minimum absolute atomic E-state index is 0.0151. The van der Waals surface area contributed by atoms with Crippen molar-refractivity contribution < 1.29 is 31.2 Å². The number of carbonyl (C=O) groups excluding carboxylic acids is 2. The molecular formula is C24H27F3N4O4S. The van der Waals surface area contributed by atoms with Crippen LogP contribution in [0.4, 0.5) is 13.2 Å². The third-order valence-corrected chi connectivity index (χ3v) is 9.06. The average Bonchev–Trinajstić information content (AvgIpc) is 3.54. The van der Waals surface area contributed by atoms with E-state index in [1.165, 1.54) is 34.9 Å². The molecule has 1 N–H and O–H groups in total. The number of ketones is 1. The molecule has 0 bridgehead atoms. The maximum atomic E-state index is 13.1. The average molecular weight is 525 g/mol. The second-order valence-electron chi connectivity index (χ2n) is 9.75. The second kappa shape index (κ2) is 8.70. The standard InChI is InChI=1S/C24H27F3N4O4S/c1-29-14-15-31-19(21(32)24(25,26)27)8-9-20(31)23(29)10-12-30(13-11-23)22(33)16-2-6-18(7-3-16)36(34,35)28-17-4-5-17/h2-3,6-9,17,28H,4-5,10-15H2,1H3. The SMILES string of the molecule is CN1CCn2c(C(=O)C(F)(F)F)ccc2C12CCN(C(=O)c1ccc(S(=O)(=O)NC3CC3)cc1)CC2. The van der Waals surface area contributed by atoms with E-state index in [0.29, 0.717) is 43.7 Å². The summed E-state index contributed by atoms with van der Waals surface area (Å²) in [4.78, 5) is 28.9. The first-order valence-electron chi connectivity index (χ1n) is 11.9. The van der Waals surface area contributed by atoms with Crippen molar-refractivity contribution >= 4 is 21.7 Å². The number of likely N-dealkylation sites (N-methyl/N-ethyl adjacent to an activating group) is 1. The zero-order chi connectivity index (χ0) is 25.9. The quantitative estimate of drug-likeness (QED) is 0.608. The Balaban J connectivity index is 1.31. The Morgan fingerprint density at radius 2 is 1.61 bits per heavy atom. The Morgan fingerprint density at radius 1 is 0.972 bits per heavy atom. The summed E-state index contributed by atoms with van der Waals surface area (Å²) in [6.07, 6.45) is -2.30. The lowest BCUT2D eigenvalue weighted by atomic mass is 9.81. The van der Waals surface area contributed by atoms with Gasteiger partial charge in [0.05, 0.1) is 16.1 Å². The molecule has 1 saturated heterocycles. The lowest BCUT2D eigenvalue weighted by molar-refractivity contribution is -0.0892. The van der Waals surface area contributed by atoms with Gasteiger partial charge in [-0.25, -0.2) is 13.1 Å². The highest BCUT2D eigenvalue weighted by Crippen LogP contribution is 2.42. The molecule has 1 aromatic carbocycles. The number of alkyl halides is 3. The van der Waals surface area contributed by atoms with Gasteiger partial charge in [-0.1, -0.05) is 0 Å². The van der Waals surface area contributed by atoms with Crippen LogP contribution in [0.5, 0.6) is 0 Å². The Labute approximate surface area is 207 Å². The number of benzene rings is 1. The van der Waals surface area contributed by atoms with Gasteiger partial charge in [-0.15, -0.1) is 0 Å². The number of nitrogens with one attached hydrogen (secondary N) is 1. The molecule has 3 aliphatic rings. The first-order chi connectivity index (χ1) is 16.9. The number of halogens is 3. The monoisotopic (exact) mass is 524 g/mol. The molecule has 1 amide bonds. The molecule has 2 fully saturated rings. The van der Waals surface area contributed by atoms with Gasteiger partial charge >= 0.3 is 6.18 Å². The summed E-state index contributed by atoms with van der Waals surface area (Å²) in [6.45, 7) is 1.52. The molecule has 1 saturated carbocycles. The molecule has 36 heavy (non-hydrogen) atoms. The predicted octanol–water partition coefficient (Wildman–Crippen LogP) is 2.75. The Kier molecular flexibility index (Phi) is 6.04. The first kappa shape index (κ1) is 25.0. The molecule has 2 aliphatic heterocycles. The highest BCUT2D eigenvalue weighted by molar-refractivity contribution is 7.89. The fraction of sp³-hybridized carbons (Fsp3) is 0.500. The van der Waals surface area contributed by atoms with E-state index in [2.05, 4.69) is 9.62 Å². The fourth-order valence-corrected chi connectivity index (χ4v) is 6.59. The number of nitrogens with zero attached hydrogens (tertiary/aromatic N) is 3. The lowest BCUT2D eigenvalue weighted by Crippen LogP contribution is -2.56. The molecule has 0 unspecified atom stereocenters.